The Labute approximate surface area is 322 Å². The van der Waals surface area contributed by atoms with Crippen molar-refractivity contribution in [2.45, 2.75) is 47.0 Å². The molecule has 16 heteroatoms. The van der Waals surface area contributed by atoms with E-state index in [9.17, 15) is 30.2 Å². The summed E-state index contributed by atoms with van der Waals surface area (Å²) in [7, 11) is -7.22. The van der Waals surface area contributed by atoms with Crippen LogP contribution in [0.5, 0.6) is 0 Å². The molecule has 0 saturated carbocycles. The number of nitrogens with zero attached hydrogens (tertiary/aromatic N) is 3. The predicted octanol–water partition coefficient (Wildman–Crippen LogP) is 10.1. The Hall–Kier alpha value is -4.05. The van der Waals surface area contributed by atoms with Crippen LogP contribution in [-0.2, 0) is 20.6 Å². The van der Waals surface area contributed by atoms with Gasteiger partial charge in [-0.15, -0.1) is 0 Å². The van der Waals surface area contributed by atoms with Gasteiger partial charge < -0.3 is 19.1 Å². The largest absolute Gasteiger partial charge is 0.502 e. The average molecular weight is 823 g/mol. The number of nitrogens with one attached hydrogen (secondary N) is 1. The molecule has 6 rings (SSSR count). The lowest BCUT2D eigenvalue weighted by Crippen LogP contribution is -2.46. The van der Waals surface area contributed by atoms with E-state index < -0.39 is 42.7 Å². The predicted molar refractivity (Wildman–Crippen MR) is 208 cm³/mol. The molecule has 5 aromatic rings. The van der Waals surface area contributed by atoms with Gasteiger partial charge in [-0.05, 0) is 117 Å². The number of rotatable bonds is 10. The molecule has 0 radical (unpaired) electrons. The van der Waals surface area contributed by atoms with E-state index in [0.717, 1.165) is 40.2 Å². The number of anilines is 3. The van der Waals surface area contributed by atoms with Gasteiger partial charge >= 0.3 is 5.51 Å². The molecule has 0 amide bonds. The van der Waals surface area contributed by atoms with Crippen molar-refractivity contribution in [3.05, 3.63) is 107 Å². The van der Waals surface area contributed by atoms with Crippen LogP contribution in [0.1, 0.15) is 25.6 Å². The third-order valence-corrected chi connectivity index (χ3v) is 12.8. The number of halogens is 6. The number of alkyl halides is 3. The van der Waals surface area contributed by atoms with Gasteiger partial charge in [0.2, 0.25) is 0 Å². The maximum absolute atomic E-state index is 15.5. The molecule has 0 spiro atoms. The first-order valence-corrected chi connectivity index (χ1v) is 21.0. The molecule has 1 unspecified atom stereocenters. The molecule has 1 aliphatic rings. The maximum atomic E-state index is 15.5. The molecular weight excluding hydrogens is 787 g/mol. The molecular formula is C38H36ClF5N4O3S3. The Kier molecular flexibility index (Phi) is 11.4. The minimum absolute atomic E-state index is 0.0345. The lowest BCUT2D eigenvalue weighted by Gasteiger charge is -2.37. The zero-order valence-electron chi connectivity index (χ0n) is 29.5. The van der Waals surface area contributed by atoms with E-state index in [1.807, 2.05) is 37.3 Å². The number of hydrogen-bond donors (Lipinski definition) is 1. The van der Waals surface area contributed by atoms with Crippen LogP contribution >= 0.6 is 23.5 Å². The summed E-state index contributed by atoms with van der Waals surface area (Å²) in [6.45, 7) is 8.50. The molecule has 2 heterocycles. The van der Waals surface area contributed by atoms with E-state index >= 15 is 4.39 Å². The molecule has 1 aliphatic heterocycles. The van der Waals surface area contributed by atoms with Gasteiger partial charge in [0.1, 0.15) is 16.5 Å². The molecule has 286 valence electrons. The normalized spacial score (nSPS) is 14.5. The SMILES string of the molecule is Cc1c(S(C)=O)c(-c2cc(F)cc(N3CCN(c4ccc(NSc5ccc(F)c(S(=O)(=O)C(F)(F)F)c5)cc4)CC3)c2)c(-c2ccc(Cl)cc2)n1C(C)C. The van der Waals surface area contributed by atoms with Crippen molar-refractivity contribution in [1.29, 1.82) is 0 Å². The smallest absolute Gasteiger partial charge is 0.368 e. The number of aromatic nitrogens is 1. The summed E-state index contributed by atoms with van der Waals surface area (Å²) in [5.74, 6) is -1.89. The number of hydrogen-bond acceptors (Lipinski definition) is 7. The number of piperazine rings is 1. The molecule has 1 N–H and O–H groups in total. The summed E-state index contributed by atoms with van der Waals surface area (Å²) in [6, 6.07) is 22.2. The van der Waals surface area contributed by atoms with Crippen molar-refractivity contribution in [2.75, 3.05) is 47.0 Å². The van der Waals surface area contributed by atoms with Gasteiger partial charge in [-0.25, -0.2) is 17.2 Å². The van der Waals surface area contributed by atoms with Crippen molar-refractivity contribution in [1.82, 2.24) is 4.57 Å². The fourth-order valence-corrected chi connectivity index (χ4v) is 9.46. The standard InChI is InChI=1S/C38H36ClF5N4O3S3/c1-23(2)48-24(3)37(53(4)49)35(36(48)25-5-7-27(39)8-6-25)26-19-28(40)21-31(20-26)47-17-15-46(16-18-47)30-11-9-29(10-12-30)45-52-32-13-14-33(41)34(22-32)54(50,51)38(42,43)44/h5-14,19-23,45H,15-18H2,1-4H3. The first-order valence-electron chi connectivity index (χ1n) is 16.7. The number of sulfone groups is 1. The van der Waals surface area contributed by atoms with Crippen LogP contribution < -0.4 is 14.5 Å². The quantitative estimate of drug-likeness (QED) is 0.111. The van der Waals surface area contributed by atoms with Crippen LogP contribution in [0.25, 0.3) is 22.4 Å². The molecule has 54 heavy (non-hydrogen) atoms. The minimum atomic E-state index is -5.85. The Morgan fingerprint density at radius 3 is 2.02 bits per heavy atom. The van der Waals surface area contributed by atoms with Gasteiger partial charge in [0.25, 0.3) is 9.84 Å². The minimum Gasteiger partial charge on any atom is -0.368 e. The van der Waals surface area contributed by atoms with Crippen molar-refractivity contribution in [2.24, 2.45) is 0 Å². The van der Waals surface area contributed by atoms with Crippen molar-refractivity contribution in [3.8, 4) is 22.4 Å². The second kappa shape index (κ2) is 15.6. The third-order valence-electron chi connectivity index (χ3n) is 9.15. The van der Waals surface area contributed by atoms with E-state index in [1.165, 1.54) is 18.2 Å². The molecule has 4 aromatic carbocycles. The van der Waals surface area contributed by atoms with Crippen molar-refractivity contribution >= 4 is 61.2 Å². The van der Waals surface area contributed by atoms with E-state index in [0.29, 0.717) is 65.2 Å². The van der Waals surface area contributed by atoms with Gasteiger partial charge in [-0.1, -0.05) is 23.7 Å². The summed E-state index contributed by atoms with van der Waals surface area (Å²) in [5.41, 5.74) is 0.512. The Balaban J connectivity index is 1.18. The first kappa shape index (κ1) is 39.6. The van der Waals surface area contributed by atoms with Crippen LogP contribution in [-0.4, -0.2) is 55.1 Å². The van der Waals surface area contributed by atoms with E-state index in [1.54, 1.807) is 30.5 Å². The van der Waals surface area contributed by atoms with E-state index in [-0.39, 0.29) is 10.9 Å². The summed E-state index contributed by atoms with van der Waals surface area (Å²) >= 11 is 7.07. The highest BCUT2D eigenvalue weighted by Gasteiger charge is 2.48. The van der Waals surface area contributed by atoms with Gasteiger partial charge in [0.05, 0.1) is 21.4 Å². The van der Waals surface area contributed by atoms with Gasteiger partial charge in [0.15, 0.2) is 0 Å². The first-order chi connectivity index (χ1) is 25.5. The second-order valence-corrected chi connectivity index (χ2v) is 17.6. The highest BCUT2D eigenvalue weighted by molar-refractivity contribution is 8.00. The van der Waals surface area contributed by atoms with Crippen LogP contribution in [0, 0.1) is 18.6 Å². The molecule has 1 saturated heterocycles. The van der Waals surface area contributed by atoms with Crippen molar-refractivity contribution in [3.63, 3.8) is 0 Å². The monoisotopic (exact) mass is 822 g/mol. The lowest BCUT2D eigenvalue weighted by molar-refractivity contribution is -0.0437. The maximum Gasteiger partial charge on any atom is 0.502 e. The highest BCUT2D eigenvalue weighted by Crippen LogP contribution is 2.44. The van der Waals surface area contributed by atoms with E-state index in [4.69, 9.17) is 11.6 Å². The fourth-order valence-electron chi connectivity index (χ4n) is 6.70. The van der Waals surface area contributed by atoms with Crippen LogP contribution in [0.15, 0.2) is 99.6 Å². The summed E-state index contributed by atoms with van der Waals surface area (Å²) < 4.78 is 111. The zero-order valence-corrected chi connectivity index (χ0v) is 32.8. The average Bonchev–Trinajstić information content (AvgIpc) is 3.44. The van der Waals surface area contributed by atoms with Crippen LogP contribution in [0.3, 0.4) is 0 Å². The van der Waals surface area contributed by atoms with E-state index in [2.05, 4.69) is 32.9 Å². The van der Waals surface area contributed by atoms with Gasteiger partial charge in [0, 0.05) is 76.7 Å². The number of benzene rings is 4. The molecule has 1 atom stereocenters. The lowest BCUT2D eigenvalue weighted by atomic mass is 9.99. The summed E-state index contributed by atoms with van der Waals surface area (Å²) in [4.78, 5) is 3.58. The second-order valence-electron chi connectivity index (χ2n) is 13.0. The highest BCUT2D eigenvalue weighted by atomic mass is 35.5. The molecule has 0 bridgehead atoms. The Morgan fingerprint density at radius 1 is 0.833 bits per heavy atom. The molecule has 0 aliphatic carbocycles. The topological polar surface area (TPSA) is 74.7 Å². The third kappa shape index (κ3) is 8.00. The molecule has 1 fully saturated rings. The Morgan fingerprint density at radius 2 is 1.44 bits per heavy atom. The van der Waals surface area contributed by atoms with Gasteiger partial charge in [-0.2, -0.15) is 13.2 Å². The Bertz CT molecular complexity index is 2310. The van der Waals surface area contributed by atoms with Crippen molar-refractivity contribution < 1.29 is 34.6 Å². The molecule has 7 nitrogen and oxygen atoms in total. The zero-order chi connectivity index (χ0) is 39.1. The fraction of sp³-hybridized carbons (Fsp3) is 0.263. The van der Waals surface area contributed by atoms with Crippen LogP contribution in [0.2, 0.25) is 5.02 Å². The summed E-state index contributed by atoms with van der Waals surface area (Å²) in [6.07, 6.45) is 1.64. The van der Waals surface area contributed by atoms with Gasteiger partial charge in [-0.3, -0.25) is 4.21 Å². The van der Waals surface area contributed by atoms with Crippen LogP contribution in [0.4, 0.5) is 39.0 Å². The summed E-state index contributed by atoms with van der Waals surface area (Å²) in [5, 5.41) is 0.588. The molecule has 1 aromatic heterocycles.